The molecular weight excluding hydrogens is 254 g/mol. The van der Waals surface area contributed by atoms with Gasteiger partial charge in [-0.15, -0.1) is 11.3 Å². The minimum atomic E-state index is -0.708. The Morgan fingerprint density at radius 1 is 1.38 bits per heavy atom. The highest BCUT2D eigenvalue weighted by atomic mass is 35.5. The molecule has 2 rings (SSSR count). The summed E-state index contributed by atoms with van der Waals surface area (Å²) in [6.45, 7) is 0.353. The quantitative estimate of drug-likeness (QED) is 0.910. The van der Waals surface area contributed by atoms with Gasteiger partial charge in [0.25, 0.3) is 0 Å². The SMILES string of the molecule is Fc1cc(F)c(NCc2cscn2)c(Cl)c1. The molecule has 84 valence electrons. The summed E-state index contributed by atoms with van der Waals surface area (Å²) >= 11 is 7.16. The van der Waals surface area contributed by atoms with E-state index < -0.39 is 11.6 Å². The number of benzene rings is 1. The Balaban J connectivity index is 2.15. The predicted octanol–water partition coefficient (Wildman–Crippen LogP) is 3.69. The van der Waals surface area contributed by atoms with Crippen molar-refractivity contribution in [1.82, 2.24) is 4.98 Å². The molecule has 6 heteroatoms. The summed E-state index contributed by atoms with van der Waals surface area (Å²) in [5.41, 5.74) is 2.56. The highest BCUT2D eigenvalue weighted by Gasteiger charge is 2.09. The van der Waals surface area contributed by atoms with Gasteiger partial charge in [0.05, 0.1) is 28.5 Å². The van der Waals surface area contributed by atoms with E-state index in [1.165, 1.54) is 11.3 Å². The summed E-state index contributed by atoms with van der Waals surface area (Å²) in [4.78, 5) is 4.02. The molecule has 0 saturated carbocycles. The van der Waals surface area contributed by atoms with Crippen LogP contribution in [0.5, 0.6) is 0 Å². The molecule has 0 aliphatic carbocycles. The molecule has 16 heavy (non-hydrogen) atoms. The molecule has 1 N–H and O–H groups in total. The van der Waals surface area contributed by atoms with E-state index in [0.29, 0.717) is 6.54 Å². The van der Waals surface area contributed by atoms with E-state index in [2.05, 4.69) is 10.3 Å². The summed E-state index contributed by atoms with van der Waals surface area (Å²) in [7, 11) is 0. The average molecular weight is 261 g/mol. The Morgan fingerprint density at radius 2 is 2.19 bits per heavy atom. The molecule has 0 aliphatic rings. The second-order valence-electron chi connectivity index (χ2n) is 3.08. The summed E-state index contributed by atoms with van der Waals surface area (Å²) < 4.78 is 26.1. The maximum atomic E-state index is 13.3. The summed E-state index contributed by atoms with van der Waals surface area (Å²) in [5.74, 6) is -1.40. The summed E-state index contributed by atoms with van der Waals surface area (Å²) in [6.07, 6.45) is 0. The Hall–Kier alpha value is -1.20. The molecular formula is C10H7ClF2N2S. The van der Waals surface area contributed by atoms with Crippen LogP contribution in [0.15, 0.2) is 23.0 Å². The lowest BCUT2D eigenvalue weighted by Gasteiger charge is -2.08. The fourth-order valence-corrected chi connectivity index (χ4v) is 2.03. The number of nitrogens with zero attached hydrogens (tertiary/aromatic N) is 1. The average Bonchev–Trinajstić information content (AvgIpc) is 2.68. The van der Waals surface area contributed by atoms with Gasteiger partial charge in [-0.25, -0.2) is 13.8 Å². The second kappa shape index (κ2) is 4.76. The third-order valence-electron chi connectivity index (χ3n) is 1.94. The number of hydrogen-bond donors (Lipinski definition) is 1. The number of hydrogen-bond acceptors (Lipinski definition) is 3. The lowest BCUT2D eigenvalue weighted by Crippen LogP contribution is -2.02. The van der Waals surface area contributed by atoms with Crippen LogP contribution in [0, 0.1) is 11.6 Å². The van der Waals surface area contributed by atoms with Crippen LogP contribution in [-0.4, -0.2) is 4.98 Å². The van der Waals surface area contributed by atoms with E-state index in [1.807, 2.05) is 5.38 Å². The number of nitrogens with one attached hydrogen (secondary N) is 1. The highest BCUT2D eigenvalue weighted by molar-refractivity contribution is 7.07. The van der Waals surface area contributed by atoms with Crippen molar-refractivity contribution in [1.29, 1.82) is 0 Å². The van der Waals surface area contributed by atoms with E-state index in [9.17, 15) is 8.78 Å². The van der Waals surface area contributed by atoms with Crippen molar-refractivity contribution in [2.75, 3.05) is 5.32 Å². The van der Waals surface area contributed by atoms with Gasteiger partial charge in [-0.3, -0.25) is 0 Å². The molecule has 0 unspecified atom stereocenters. The van der Waals surface area contributed by atoms with Crippen molar-refractivity contribution < 1.29 is 8.78 Å². The first-order chi connectivity index (χ1) is 7.66. The molecule has 0 amide bonds. The van der Waals surface area contributed by atoms with E-state index in [0.717, 1.165) is 17.8 Å². The first-order valence-corrected chi connectivity index (χ1v) is 5.74. The van der Waals surface area contributed by atoms with Crippen molar-refractivity contribution in [3.63, 3.8) is 0 Å². The predicted molar refractivity (Wildman–Crippen MR) is 60.8 cm³/mol. The molecule has 1 aromatic carbocycles. The van der Waals surface area contributed by atoms with Crippen LogP contribution in [0.2, 0.25) is 5.02 Å². The van der Waals surface area contributed by atoms with Gasteiger partial charge in [-0.2, -0.15) is 0 Å². The van der Waals surface area contributed by atoms with Gasteiger partial charge in [-0.1, -0.05) is 11.6 Å². The maximum Gasteiger partial charge on any atom is 0.150 e. The van der Waals surface area contributed by atoms with Gasteiger partial charge in [0, 0.05) is 11.4 Å². The smallest absolute Gasteiger partial charge is 0.150 e. The van der Waals surface area contributed by atoms with Crippen LogP contribution in [0.25, 0.3) is 0 Å². The van der Waals surface area contributed by atoms with Crippen LogP contribution in [0.3, 0.4) is 0 Å². The van der Waals surface area contributed by atoms with Crippen LogP contribution < -0.4 is 5.32 Å². The topological polar surface area (TPSA) is 24.9 Å². The number of thiazole rings is 1. The number of aromatic nitrogens is 1. The maximum absolute atomic E-state index is 13.3. The molecule has 0 spiro atoms. The van der Waals surface area contributed by atoms with Gasteiger partial charge >= 0.3 is 0 Å². The van der Waals surface area contributed by atoms with Crippen molar-refractivity contribution in [2.45, 2.75) is 6.54 Å². The Morgan fingerprint density at radius 3 is 2.81 bits per heavy atom. The van der Waals surface area contributed by atoms with Crippen molar-refractivity contribution in [3.05, 3.63) is 45.4 Å². The third kappa shape index (κ3) is 2.48. The second-order valence-corrected chi connectivity index (χ2v) is 4.20. The largest absolute Gasteiger partial charge is 0.376 e. The molecule has 2 nitrogen and oxygen atoms in total. The van der Waals surface area contributed by atoms with Gasteiger partial charge in [0.2, 0.25) is 0 Å². The van der Waals surface area contributed by atoms with E-state index >= 15 is 0 Å². The zero-order chi connectivity index (χ0) is 11.5. The zero-order valence-corrected chi connectivity index (χ0v) is 9.58. The number of anilines is 1. The molecule has 0 saturated heterocycles. The zero-order valence-electron chi connectivity index (χ0n) is 8.01. The molecule has 1 heterocycles. The van der Waals surface area contributed by atoms with E-state index in [-0.39, 0.29) is 10.7 Å². The van der Waals surface area contributed by atoms with Crippen molar-refractivity contribution in [2.24, 2.45) is 0 Å². The fraction of sp³-hybridized carbons (Fsp3) is 0.100. The Bertz CT molecular complexity index is 465. The molecule has 1 aromatic heterocycles. The first-order valence-electron chi connectivity index (χ1n) is 4.42. The molecule has 0 radical (unpaired) electrons. The molecule has 0 bridgehead atoms. The van der Waals surface area contributed by atoms with Crippen LogP contribution in [-0.2, 0) is 6.54 Å². The standard InChI is InChI=1S/C10H7ClF2N2S/c11-8-1-6(12)2-9(13)10(8)14-3-7-4-16-5-15-7/h1-2,4-5,14H,3H2. The van der Waals surface area contributed by atoms with Gasteiger partial charge in [-0.05, 0) is 6.07 Å². The van der Waals surface area contributed by atoms with Crippen LogP contribution in [0.1, 0.15) is 5.69 Å². The molecule has 0 atom stereocenters. The Labute approximate surface area is 99.9 Å². The first kappa shape index (κ1) is 11.3. The van der Waals surface area contributed by atoms with E-state index in [1.54, 1.807) is 5.51 Å². The molecule has 0 aliphatic heterocycles. The normalized spacial score (nSPS) is 10.4. The number of rotatable bonds is 3. The minimum Gasteiger partial charge on any atom is -0.376 e. The monoisotopic (exact) mass is 260 g/mol. The van der Waals surface area contributed by atoms with Crippen LogP contribution in [0.4, 0.5) is 14.5 Å². The van der Waals surface area contributed by atoms with Gasteiger partial charge in [0.15, 0.2) is 5.82 Å². The fourth-order valence-electron chi connectivity index (χ4n) is 1.21. The van der Waals surface area contributed by atoms with E-state index in [4.69, 9.17) is 11.6 Å². The Kier molecular flexibility index (Phi) is 3.36. The van der Waals surface area contributed by atoms with Crippen molar-refractivity contribution >= 4 is 28.6 Å². The molecule has 2 aromatic rings. The minimum absolute atomic E-state index is 0.0210. The molecule has 0 fully saturated rings. The van der Waals surface area contributed by atoms with Crippen molar-refractivity contribution in [3.8, 4) is 0 Å². The summed E-state index contributed by atoms with van der Waals surface area (Å²) in [6, 6.07) is 1.85. The lowest BCUT2D eigenvalue weighted by molar-refractivity contribution is 0.585. The number of halogens is 3. The highest BCUT2D eigenvalue weighted by Crippen LogP contribution is 2.26. The van der Waals surface area contributed by atoms with Gasteiger partial charge < -0.3 is 5.32 Å². The summed E-state index contributed by atoms with van der Waals surface area (Å²) in [5, 5.41) is 4.64. The third-order valence-corrected chi connectivity index (χ3v) is 2.87. The lowest BCUT2D eigenvalue weighted by atomic mass is 10.3. The van der Waals surface area contributed by atoms with Gasteiger partial charge in [0.1, 0.15) is 5.82 Å². The van der Waals surface area contributed by atoms with Crippen LogP contribution >= 0.6 is 22.9 Å².